The van der Waals surface area contributed by atoms with Crippen molar-refractivity contribution in [3.8, 4) is 0 Å². The summed E-state index contributed by atoms with van der Waals surface area (Å²) in [5, 5.41) is 0. The van der Waals surface area contributed by atoms with Crippen molar-refractivity contribution in [2.24, 2.45) is 17.3 Å². The van der Waals surface area contributed by atoms with Gasteiger partial charge in [0.05, 0.1) is 0 Å². The van der Waals surface area contributed by atoms with Gasteiger partial charge in [-0.2, -0.15) is 0 Å². The molecule has 0 N–H and O–H groups in total. The van der Waals surface area contributed by atoms with Crippen LogP contribution in [0.25, 0.3) is 0 Å². The highest BCUT2D eigenvalue weighted by molar-refractivity contribution is 6.16. The molecule has 0 bridgehead atoms. The number of hydrogen-bond donors (Lipinski definition) is 0. The monoisotopic (exact) mass is 552 g/mol. The van der Waals surface area contributed by atoms with E-state index < -0.39 is 35.5 Å². The van der Waals surface area contributed by atoms with Gasteiger partial charge in [-0.05, 0) is 62.0 Å². The molecule has 2 aliphatic heterocycles. The van der Waals surface area contributed by atoms with Crippen LogP contribution in [-0.4, -0.2) is 35.5 Å². The molecule has 0 aromatic carbocycles. The van der Waals surface area contributed by atoms with Crippen molar-refractivity contribution in [2.45, 2.75) is 110 Å². The number of ether oxygens (including phenoxy) is 4. The molecule has 216 valence electrons. The third-order valence-electron chi connectivity index (χ3n) is 9.08. The van der Waals surface area contributed by atoms with Crippen LogP contribution in [0.2, 0.25) is 0 Å². The van der Waals surface area contributed by atoms with Crippen molar-refractivity contribution in [1.29, 1.82) is 0 Å². The molecule has 2 saturated heterocycles. The van der Waals surface area contributed by atoms with E-state index in [-0.39, 0.29) is 28.4 Å². The topological polar surface area (TPSA) is 105 Å². The van der Waals surface area contributed by atoms with Gasteiger partial charge in [0.25, 0.3) is 11.6 Å². The van der Waals surface area contributed by atoms with Gasteiger partial charge in [-0.15, -0.1) is 0 Å². The average molecular weight is 553 g/mol. The molecule has 0 radical (unpaired) electrons. The zero-order valence-electron chi connectivity index (χ0n) is 24.0. The lowest BCUT2D eigenvalue weighted by Gasteiger charge is -2.43. The van der Waals surface area contributed by atoms with Crippen LogP contribution < -0.4 is 0 Å². The smallest absolute Gasteiger partial charge is 0.348 e. The maximum absolute atomic E-state index is 12.8. The fourth-order valence-corrected chi connectivity index (χ4v) is 6.80. The van der Waals surface area contributed by atoms with E-state index in [0.717, 1.165) is 62.5 Å². The minimum absolute atomic E-state index is 0.0327. The molecule has 40 heavy (non-hydrogen) atoms. The molecule has 8 heteroatoms. The highest BCUT2D eigenvalue weighted by Gasteiger charge is 2.52. The highest BCUT2D eigenvalue weighted by atomic mass is 16.8. The van der Waals surface area contributed by atoms with E-state index in [1.54, 1.807) is 12.2 Å². The number of esters is 4. The molecule has 3 aliphatic carbocycles. The van der Waals surface area contributed by atoms with Gasteiger partial charge in [0.1, 0.15) is 11.1 Å². The summed E-state index contributed by atoms with van der Waals surface area (Å²) in [6.45, 7) is 8.16. The van der Waals surface area contributed by atoms with E-state index in [4.69, 9.17) is 18.9 Å². The molecule has 5 aliphatic rings. The first-order valence-electron chi connectivity index (χ1n) is 14.7. The lowest BCUT2D eigenvalue weighted by Crippen LogP contribution is -2.52. The molecule has 0 amide bonds. The summed E-state index contributed by atoms with van der Waals surface area (Å²) in [5.41, 5.74) is 1.66. The molecule has 2 spiro atoms. The van der Waals surface area contributed by atoms with Gasteiger partial charge in [-0.1, -0.05) is 64.3 Å². The van der Waals surface area contributed by atoms with Crippen molar-refractivity contribution in [1.82, 2.24) is 0 Å². The zero-order chi connectivity index (χ0) is 28.7. The van der Waals surface area contributed by atoms with Crippen LogP contribution in [0.3, 0.4) is 0 Å². The van der Waals surface area contributed by atoms with Gasteiger partial charge in [0.15, 0.2) is 0 Å². The molecule has 8 nitrogen and oxygen atoms in total. The van der Waals surface area contributed by atoms with E-state index >= 15 is 0 Å². The Balaban J connectivity index is 1.31. The highest BCUT2D eigenvalue weighted by Crippen LogP contribution is 2.43. The molecule has 2 atom stereocenters. The van der Waals surface area contributed by atoms with Crippen molar-refractivity contribution in [2.75, 3.05) is 0 Å². The lowest BCUT2D eigenvalue weighted by atomic mass is 9.74. The van der Waals surface area contributed by atoms with Crippen molar-refractivity contribution in [3.63, 3.8) is 0 Å². The first kappa shape index (κ1) is 28.4. The van der Waals surface area contributed by atoms with Crippen LogP contribution in [0, 0.1) is 17.3 Å². The van der Waals surface area contributed by atoms with Crippen LogP contribution >= 0.6 is 0 Å². The molecule has 0 aromatic rings. The molecule has 2 saturated carbocycles. The number of rotatable bonds is 3. The molecular weight excluding hydrogens is 512 g/mol. The summed E-state index contributed by atoms with van der Waals surface area (Å²) >= 11 is 0. The Morgan fingerprint density at radius 1 is 0.725 bits per heavy atom. The number of carbonyl (C=O) groups excluding carboxylic acids is 4. The molecule has 2 unspecified atom stereocenters. The number of allylic oxidation sites excluding steroid dienone is 6. The standard InChI is InChI=1S/C32H40O8/c1-20-9-5-7-15-31(20)37-26(33)24(27(34)38-31)13-11-22-17-23(19-30(3,4)18-22)12-14-25-28(35)39-32(40-29(25)36)16-8-6-10-21(32)2/h11,13-14,17,20-21H,5-10,12,15-16,18-19H2,1-4H3. The Hall–Kier alpha value is -3.16. The molecule has 4 fully saturated rings. The third kappa shape index (κ3) is 5.54. The van der Waals surface area contributed by atoms with Crippen molar-refractivity contribution in [3.05, 3.63) is 46.6 Å². The largest absolute Gasteiger partial charge is 0.418 e. The van der Waals surface area contributed by atoms with Gasteiger partial charge in [-0.25, -0.2) is 19.2 Å². The van der Waals surface area contributed by atoms with Crippen LogP contribution in [0.15, 0.2) is 46.6 Å². The minimum atomic E-state index is -1.15. The quantitative estimate of drug-likeness (QED) is 0.242. The second-order valence-corrected chi connectivity index (χ2v) is 12.9. The van der Waals surface area contributed by atoms with Gasteiger partial charge in [0.2, 0.25) is 0 Å². The van der Waals surface area contributed by atoms with E-state index in [1.165, 1.54) is 6.08 Å². The average Bonchev–Trinajstić information content (AvgIpc) is 2.86. The SMILES string of the molecule is CC1CCCCC12OC(=O)C(=CC=C1C=C(CC=C3C(=O)OC4(CCCCC4C)OC3=O)CC(C)(C)C1)C(=O)O2. The first-order valence-corrected chi connectivity index (χ1v) is 14.7. The Morgan fingerprint density at radius 2 is 1.23 bits per heavy atom. The van der Waals surface area contributed by atoms with Crippen molar-refractivity contribution >= 4 is 23.9 Å². The number of carbonyl (C=O) groups is 4. The Labute approximate surface area is 235 Å². The third-order valence-corrected chi connectivity index (χ3v) is 9.08. The summed E-state index contributed by atoms with van der Waals surface area (Å²) in [7, 11) is 0. The van der Waals surface area contributed by atoms with Gasteiger partial charge in [0, 0.05) is 24.7 Å². The van der Waals surface area contributed by atoms with Crippen molar-refractivity contribution < 1.29 is 38.1 Å². The van der Waals surface area contributed by atoms with E-state index in [1.807, 2.05) is 19.9 Å². The maximum atomic E-state index is 12.8. The second-order valence-electron chi connectivity index (χ2n) is 12.9. The first-order chi connectivity index (χ1) is 18.9. The van der Waals surface area contributed by atoms with Crippen LogP contribution in [0.4, 0.5) is 0 Å². The second kappa shape index (κ2) is 10.7. The maximum Gasteiger partial charge on any atom is 0.348 e. The minimum Gasteiger partial charge on any atom is -0.418 e. The number of hydrogen-bond acceptors (Lipinski definition) is 8. The fourth-order valence-electron chi connectivity index (χ4n) is 6.80. The molecule has 0 aromatic heterocycles. The molecule has 5 rings (SSSR count). The van der Waals surface area contributed by atoms with Gasteiger partial charge in [-0.3, -0.25) is 0 Å². The Bertz CT molecular complexity index is 1190. The van der Waals surface area contributed by atoms with E-state index in [0.29, 0.717) is 19.3 Å². The predicted molar refractivity (Wildman–Crippen MR) is 145 cm³/mol. The molecule has 2 heterocycles. The summed E-state index contributed by atoms with van der Waals surface area (Å²) in [6, 6.07) is 0. The lowest BCUT2D eigenvalue weighted by molar-refractivity contribution is -0.262. The predicted octanol–water partition coefficient (Wildman–Crippen LogP) is 5.91. The summed E-state index contributed by atoms with van der Waals surface area (Å²) in [5.74, 6) is -4.91. The van der Waals surface area contributed by atoms with Crippen LogP contribution in [0.1, 0.15) is 98.3 Å². The summed E-state index contributed by atoms with van der Waals surface area (Å²) in [4.78, 5) is 51.3. The summed E-state index contributed by atoms with van der Waals surface area (Å²) < 4.78 is 22.8. The fraction of sp³-hybridized carbons (Fsp3) is 0.625. The zero-order valence-corrected chi connectivity index (χ0v) is 24.0. The molecular formula is C32H40O8. The van der Waals surface area contributed by atoms with E-state index in [2.05, 4.69) is 13.8 Å². The Morgan fingerprint density at radius 3 is 1.73 bits per heavy atom. The van der Waals surface area contributed by atoms with Crippen LogP contribution in [0.5, 0.6) is 0 Å². The van der Waals surface area contributed by atoms with Gasteiger partial charge < -0.3 is 18.9 Å². The Kier molecular flexibility index (Phi) is 7.57. The normalized spacial score (nSPS) is 35.1. The van der Waals surface area contributed by atoms with E-state index in [9.17, 15) is 19.2 Å². The summed E-state index contributed by atoms with van der Waals surface area (Å²) in [6.07, 6.45) is 15.2. The van der Waals surface area contributed by atoms with Gasteiger partial charge >= 0.3 is 23.9 Å². The van der Waals surface area contributed by atoms with Crippen LogP contribution in [-0.2, 0) is 38.1 Å².